The van der Waals surface area contributed by atoms with Gasteiger partial charge in [0.05, 0.1) is 6.10 Å². The zero-order valence-electron chi connectivity index (χ0n) is 9.15. The fraction of sp³-hybridized carbons (Fsp3) is 0.545. The van der Waals surface area contributed by atoms with Crippen LogP contribution in [-0.2, 0) is 11.2 Å². The Kier molecular flexibility index (Phi) is 5.37. The molecule has 0 spiro atoms. The van der Waals surface area contributed by atoms with Crippen LogP contribution in [0.4, 0.5) is 13.2 Å². The van der Waals surface area contributed by atoms with Gasteiger partial charge in [-0.3, -0.25) is 4.98 Å². The quantitative estimate of drug-likeness (QED) is 0.783. The lowest BCUT2D eigenvalue weighted by atomic mass is 10.1. The molecule has 0 aliphatic rings. The van der Waals surface area contributed by atoms with Crippen molar-refractivity contribution >= 4 is 0 Å². The van der Waals surface area contributed by atoms with Gasteiger partial charge in [0.1, 0.15) is 6.61 Å². The van der Waals surface area contributed by atoms with E-state index in [1.54, 1.807) is 24.4 Å². The van der Waals surface area contributed by atoms with Crippen molar-refractivity contribution in [2.24, 2.45) is 0 Å². The Bertz CT molecular complexity index is 316. The summed E-state index contributed by atoms with van der Waals surface area (Å²) in [6, 6.07) is 5.29. The van der Waals surface area contributed by atoms with Gasteiger partial charge in [0.15, 0.2) is 0 Å². The summed E-state index contributed by atoms with van der Waals surface area (Å²) in [5, 5.41) is 9.53. The number of hydrogen-bond acceptors (Lipinski definition) is 3. The molecule has 1 heterocycles. The van der Waals surface area contributed by atoms with Crippen LogP contribution in [0.25, 0.3) is 0 Å². The van der Waals surface area contributed by atoms with Gasteiger partial charge in [-0.15, -0.1) is 0 Å². The topological polar surface area (TPSA) is 42.4 Å². The normalized spacial score (nSPS) is 13.6. The molecule has 1 N–H and O–H groups in total. The summed E-state index contributed by atoms with van der Waals surface area (Å²) >= 11 is 0. The molecule has 1 aromatic heterocycles. The fourth-order valence-electron chi connectivity index (χ4n) is 1.27. The molecular weight excluding hydrogens is 235 g/mol. The van der Waals surface area contributed by atoms with E-state index < -0.39 is 18.9 Å². The van der Waals surface area contributed by atoms with Crippen LogP contribution in [0.3, 0.4) is 0 Å². The average molecular weight is 249 g/mol. The Labute approximate surface area is 97.2 Å². The van der Waals surface area contributed by atoms with Crippen LogP contribution in [0, 0.1) is 0 Å². The number of ether oxygens (including phenoxy) is 1. The lowest BCUT2D eigenvalue weighted by Gasteiger charge is -2.11. The number of alkyl halides is 3. The lowest BCUT2D eigenvalue weighted by molar-refractivity contribution is -0.175. The number of aliphatic hydroxyl groups excluding tert-OH is 1. The highest BCUT2D eigenvalue weighted by atomic mass is 19.4. The van der Waals surface area contributed by atoms with E-state index in [1.807, 2.05) is 0 Å². The smallest absolute Gasteiger partial charge is 0.393 e. The number of pyridine rings is 1. The summed E-state index contributed by atoms with van der Waals surface area (Å²) in [4.78, 5) is 4.01. The van der Waals surface area contributed by atoms with Crippen LogP contribution in [0.5, 0.6) is 0 Å². The standard InChI is InChI=1S/C11H14F3NO2/c12-11(13,14)8-17-6-4-10(16)7-9-3-1-2-5-15-9/h1-3,5,10,16H,4,6-8H2. The molecule has 3 nitrogen and oxygen atoms in total. The molecule has 0 aliphatic carbocycles. The first kappa shape index (κ1) is 13.9. The summed E-state index contributed by atoms with van der Waals surface area (Å²) in [6.07, 6.45) is -2.98. The lowest BCUT2D eigenvalue weighted by Crippen LogP contribution is -2.20. The third kappa shape index (κ3) is 6.91. The molecule has 96 valence electrons. The van der Waals surface area contributed by atoms with Gasteiger partial charge >= 0.3 is 6.18 Å². The Morgan fingerprint density at radius 3 is 2.71 bits per heavy atom. The molecule has 0 radical (unpaired) electrons. The van der Waals surface area contributed by atoms with Crippen LogP contribution in [0.1, 0.15) is 12.1 Å². The average Bonchev–Trinajstić information content (AvgIpc) is 2.25. The maximum absolute atomic E-state index is 11.7. The fourth-order valence-corrected chi connectivity index (χ4v) is 1.27. The highest BCUT2D eigenvalue weighted by Crippen LogP contribution is 2.14. The number of rotatable bonds is 6. The van der Waals surface area contributed by atoms with E-state index in [9.17, 15) is 18.3 Å². The van der Waals surface area contributed by atoms with Crippen molar-refractivity contribution in [3.63, 3.8) is 0 Å². The molecule has 0 aliphatic heterocycles. The van der Waals surface area contributed by atoms with Crippen molar-refractivity contribution in [1.82, 2.24) is 4.98 Å². The van der Waals surface area contributed by atoms with E-state index >= 15 is 0 Å². The van der Waals surface area contributed by atoms with E-state index in [0.29, 0.717) is 12.1 Å². The molecular formula is C11H14F3NO2. The van der Waals surface area contributed by atoms with Gasteiger partial charge in [-0.1, -0.05) is 6.07 Å². The highest BCUT2D eigenvalue weighted by Gasteiger charge is 2.27. The minimum atomic E-state index is -4.31. The number of nitrogens with zero attached hydrogens (tertiary/aromatic N) is 1. The maximum atomic E-state index is 11.7. The first-order valence-corrected chi connectivity index (χ1v) is 5.20. The molecule has 17 heavy (non-hydrogen) atoms. The molecule has 1 rings (SSSR count). The van der Waals surface area contributed by atoms with Gasteiger partial charge in [-0.2, -0.15) is 13.2 Å². The van der Waals surface area contributed by atoms with Crippen molar-refractivity contribution in [2.45, 2.75) is 25.1 Å². The van der Waals surface area contributed by atoms with Crippen LogP contribution >= 0.6 is 0 Å². The Morgan fingerprint density at radius 1 is 1.35 bits per heavy atom. The Balaban J connectivity index is 2.16. The van der Waals surface area contributed by atoms with E-state index in [4.69, 9.17) is 0 Å². The van der Waals surface area contributed by atoms with Crippen molar-refractivity contribution in [3.05, 3.63) is 30.1 Å². The number of halogens is 3. The highest BCUT2D eigenvalue weighted by molar-refractivity contribution is 5.04. The number of aliphatic hydroxyl groups is 1. The second-order valence-electron chi connectivity index (χ2n) is 3.64. The summed E-state index contributed by atoms with van der Waals surface area (Å²) in [5.41, 5.74) is 0.704. The second kappa shape index (κ2) is 6.56. The first-order chi connectivity index (χ1) is 7.97. The second-order valence-corrected chi connectivity index (χ2v) is 3.64. The van der Waals surface area contributed by atoms with Gasteiger partial charge in [0.2, 0.25) is 0 Å². The van der Waals surface area contributed by atoms with Crippen LogP contribution < -0.4 is 0 Å². The van der Waals surface area contributed by atoms with E-state index in [1.165, 1.54) is 0 Å². The van der Waals surface area contributed by atoms with Crippen molar-refractivity contribution in [1.29, 1.82) is 0 Å². The zero-order valence-corrected chi connectivity index (χ0v) is 9.15. The maximum Gasteiger partial charge on any atom is 0.411 e. The predicted octanol–water partition coefficient (Wildman–Crippen LogP) is 1.95. The van der Waals surface area contributed by atoms with Crippen LogP contribution in [-0.4, -0.2) is 35.6 Å². The Morgan fingerprint density at radius 2 is 2.12 bits per heavy atom. The third-order valence-corrected chi connectivity index (χ3v) is 2.03. The summed E-state index contributed by atoms with van der Waals surface area (Å²) in [5.74, 6) is 0. The van der Waals surface area contributed by atoms with Crippen LogP contribution in [0.15, 0.2) is 24.4 Å². The first-order valence-electron chi connectivity index (χ1n) is 5.20. The van der Waals surface area contributed by atoms with Gasteiger partial charge in [-0.05, 0) is 18.6 Å². The van der Waals surface area contributed by atoms with E-state index in [-0.39, 0.29) is 13.0 Å². The summed E-state index contributed by atoms with van der Waals surface area (Å²) in [7, 11) is 0. The summed E-state index contributed by atoms with van der Waals surface area (Å²) < 4.78 is 39.6. The molecule has 0 saturated carbocycles. The monoisotopic (exact) mass is 249 g/mol. The molecule has 0 amide bonds. The van der Waals surface area contributed by atoms with Crippen LogP contribution in [0.2, 0.25) is 0 Å². The molecule has 0 bridgehead atoms. The zero-order chi connectivity index (χ0) is 12.7. The van der Waals surface area contributed by atoms with Gasteiger partial charge < -0.3 is 9.84 Å². The molecule has 0 fully saturated rings. The Hall–Kier alpha value is -1.14. The van der Waals surface area contributed by atoms with E-state index in [0.717, 1.165) is 0 Å². The van der Waals surface area contributed by atoms with Crippen molar-refractivity contribution < 1.29 is 23.0 Å². The number of aromatic nitrogens is 1. The third-order valence-electron chi connectivity index (χ3n) is 2.03. The molecule has 1 aromatic rings. The minimum absolute atomic E-state index is 0.118. The minimum Gasteiger partial charge on any atom is -0.393 e. The molecule has 1 unspecified atom stereocenters. The molecule has 1 atom stereocenters. The molecule has 0 saturated heterocycles. The van der Waals surface area contributed by atoms with Gasteiger partial charge in [0, 0.05) is 24.9 Å². The largest absolute Gasteiger partial charge is 0.411 e. The van der Waals surface area contributed by atoms with Gasteiger partial charge in [0.25, 0.3) is 0 Å². The van der Waals surface area contributed by atoms with Gasteiger partial charge in [-0.25, -0.2) is 0 Å². The SMILES string of the molecule is OC(CCOCC(F)(F)F)Cc1ccccn1. The molecule has 6 heteroatoms. The summed E-state index contributed by atoms with van der Waals surface area (Å²) in [6.45, 7) is -1.39. The van der Waals surface area contributed by atoms with E-state index in [2.05, 4.69) is 9.72 Å². The van der Waals surface area contributed by atoms with Crippen molar-refractivity contribution in [3.8, 4) is 0 Å². The van der Waals surface area contributed by atoms with Crippen molar-refractivity contribution in [2.75, 3.05) is 13.2 Å². The predicted molar refractivity (Wildman–Crippen MR) is 55.4 cm³/mol. The number of hydrogen-bond donors (Lipinski definition) is 1. The molecule has 0 aromatic carbocycles.